The predicted molar refractivity (Wildman–Crippen MR) is 197 cm³/mol. The number of carbonyl (C=O) groups is 3. The average Bonchev–Trinajstić information content (AvgIpc) is 3.61. The standard InChI is InChI=1S/C14H26O.C13H26OS.C13H26O/c1-13(2,3)9-11(10-7-8-10)12(15)14(4,5)6;1-12(2,3)8-10(9-15-7)11(14)13(4,5)6;1-8-10(9-12(2,3)4)11(14)13(5,6)7/h10-11H,7-9H2,1-6H3;10H,8-9H2,1-7H3;10H,8-9H2,1-7H3/t11-;2*10-/m001/s1. The Morgan fingerprint density at radius 2 is 0.864 bits per heavy atom. The maximum atomic E-state index is 12.3. The van der Waals surface area contributed by atoms with Gasteiger partial charge in [-0.1, -0.05) is 132 Å². The molecule has 0 unspecified atom stereocenters. The Balaban J connectivity index is 0. The molecule has 1 aliphatic rings. The van der Waals surface area contributed by atoms with Crippen LogP contribution in [-0.2, 0) is 14.4 Å². The molecule has 4 heteroatoms. The van der Waals surface area contributed by atoms with E-state index in [4.69, 9.17) is 0 Å². The zero-order valence-corrected chi connectivity index (χ0v) is 34.2. The van der Waals surface area contributed by atoms with E-state index in [1.807, 2.05) is 62.3 Å². The van der Waals surface area contributed by atoms with Gasteiger partial charge in [0.2, 0.25) is 0 Å². The van der Waals surface area contributed by atoms with Crippen LogP contribution in [0, 0.1) is 56.2 Å². The van der Waals surface area contributed by atoms with E-state index in [1.165, 1.54) is 12.8 Å². The van der Waals surface area contributed by atoms with Crippen molar-refractivity contribution in [3.8, 4) is 0 Å². The number of rotatable bonds is 10. The van der Waals surface area contributed by atoms with Crippen molar-refractivity contribution in [3.05, 3.63) is 0 Å². The van der Waals surface area contributed by atoms with Crippen molar-refractivity contribution in [1.29, 1.82) is 0 Å². The fourth-order valence-electron chi connectivity index (χ4n) is 5.74. The number of Topliss-reactive ketones (excluding diaryl/α,β-unsaturated/α-hetero) is 3. The molecule has 0 bridgehead atoms. The summed E-state index contributed by atoms with van der Waals surface area (Å²) in [6, 6.07) is 0. The molecule has 0 aromatic heterocycles. The lowest BCUT2D eigenvalue weighted by Crippen LogP contribution is -2.32. The Bertz CT molecular complexity index is 869. The highest BCUT2D eigenvalue weighted by atomic mass is 32.2. The first-order valence-electron chi connectivity index (χ1n) is 17.4. The van der Waals surface area contributed by atoms with E-state index in [0.29, 0.717) is 29.2 Å². The lowest BCUT2D eigenvalue weighted by Gasteiger charge is -2.30. The average molecular weight is 639 g/mol. The zero-order chi connectivity index (χ0) is 35.7. The maximum absolute atomic E-state index is 12.3. The van der Waals surface area contributed by atoms with E-state index < -0.39 is 0 Å². The van der Waals surface area contributed by atoms with Crippen LogP contribution in [0.4, 0.5) is 0 Å². The van der Waals surface area contributed by atoms with Crippen LogP contribution >= 0.6 is 11.8 Å². The molecule has 0 aromatic rings. The highest BCUT2D eigenvalue weighted by Crippen LogP contribution is 2.45. The molecule has 1 saturated carbocycles. The molecule has 1 aliphatic carbocycles. The molecule has 0 radical (unpaired) electrons. The summed E-state index contributed by atoms with van der Waals surface area (Å²) < 4.78 is 0. The largest absolute Gasteiger partial charge is 0.299 e. The van der Waals surface area contributed by atoms with Crippen molar-refractivity contribution in [2.75, 3.05) is 12.0 Å². The number of hydrogen-bond donors (Lipinski definition) is 0. The van der Waals surface area contributed by atoms with Crippen molar-refractivity contribution in [1.82, 2.24) is 0 Å². The number of carbonyl (C=O) groups excluding carboxylic acids is 3. The molecule has 0 N–H and O–H groups in total. The number of ketones is 3. The minimum Gasteiger partial charge on any atom is -0.299 e. The summed E-state index contributed by atoms with van der Waals surface area (Å²) in [5, 5.41) is 0. The smallest absolute Gasteiger partial charge is 0.142 e. The van der Waals surface area contributed by atoms with Crippen LogP contribution < -0.4 is 0 Å². The molecule has 1 fully saturated rings. The highest BCUT2D eigenvalue weighted by molar-refractivity contribution is 7.98. The van der Waals surface area contributed by atoms with Crippen LogP contribution in [0.5, 0.6) is 0 Å². The fraction of sp³-hybridized carbons (Fsp3) is 0.925. The summed E-state index contributed by atoms with van der Waals surface area (Å²) in [5.41, 5.74) is 0.202. The van der Waals surface area contributed by atoms with Gasteiger partial charge in [0.15, 0.2) is 0 Å². The molecule has 0 amide bonds. The molecule has 3 nitrogen and oxygen atoms in total. The van der Waals surface area contributed by atoms with Crippen molar-refractivity contribution >= 4 is 29.1 Å². The minimum absolute atomic E-state index is 0.168. The van der Waals surface area contributed by atoms with Gasteiger partial charge in [-0.3, -0.25) is 14.4 Å². The minimum atomic E-state index is -0.203. The van der Waals surface area contributed by atoms with Gasteiger partial charge in [-0.05, 0) is 66.9 Å². The van der Waals surface area contributed by atoms with Crippen LogP contribution in [0.25, 0.3) is 0 Å². The second kappa shape index (κ2) is 17.5. The van der Waals surface area contributed by atoms with Crippen LogP contribution in [-0.4, -0.2) is 29.4 Å². The van der Waals surface area contributed by atoms with E-state index in [2.05, 4.69) is 75.5 Å². The summed E-state index contributed by atoms with van der Waals surface area (Å²) in [7, 11) is 0. The highest BCUT2D eigenvalue weighted by Gasteiger charge is 2.41. The number of hydrogen-bond acceptors (Lipinski definition) is 4. The summed E-state index contributed by atoms with van der Waals surface area (Å²) in [6.07, 6.45) is 8.61. The molecule has 1 rings (SSSR count). The monoisotopic (exact) mass is 639 g/mol. The Labute approximate surface area is 281 Å². The molecule has 0 aromatic carbocycles. The topological polar surface area (TPSA) is 51.2 Å². The molecule has 0 aliphatic heterocycles. The third-order valence-corrected chi connectivity index (χ3v) is 8.63. The predicted octanol–water partition coefficient (Wildman–Crippen LogP) is 12.1. The Kier molecular flexibility index (Phi) is 18.1. The third-order valence-electron chi connectivity index (χ3n) is 7.90. The van der Waals surface area contributed by atoms with Gasteiger partial charge in [-0.2, -0.15) is 11.8 Å². The normalized spacial score (nSPS) is 16.9. The second-order valence-corrected chi connectivity index (χ2v) is 21.2. The molecule has 0 spiro atoms. The van der Waals surface area contributed by atoms with E-state index >= 15 is 0 Å². The van der Waals surface area contributed by atoms with Crippen molar-refractivity contribution in [2.45, 2.75) is 170 Å². The number of thioether (sulfide) groups is 1. The lowest BCUT2D eigenvalue weighted by atomic mass is 9.74. The first-order chi connectivity index (χ1) is 19.3. The van der Waals surface area contributed by atoms with E-state index in [1.54, 1.807) is 11.8 Å². The summed E-state index contributed by atoms with van der Waals surface area (Å²) in [5.74, 6) is 3.69. The van der Waals surface area contributed by atoms with Gasteiger partial charge in [0.25, 0.3) is 0 Å². The van der Waals surface area contributed by atoms with Crippen molar-refractivity contribution < 1.29 is 14.4 Å². The van der Waals surface area contributed by atoms with Crippen molar-refractivity contribution in [3.63, 3.8) is 0 Å². The molecular formula is C40H78O3S. The van der Waals surface area contributed by atoms with Crippen LogP contribution in [0.1, 0.15) is 170 Å². The Morgan fingerprint density at radius 1 is 0.545 bits per heavy atom. The van der Waals surface area contributed by atoms with Gasteiger partial charge in [-0.25, -0.2) is 0 Å². The third kappa shape index (κ3) is 21.2. The van der Waals surface area contributed by atoms with Gasteiger partial charge < -0.3 is 0 Å². The first-order valence-corrected chi connectivity index (χ1v) is 18.8. The maximum Gasteiger partial charge on any atom is 0.142 e. The second-order valence-electron chi connectivity index (χ2n) is 20.3. The Morgan fingerprint density at radius 3 is 1.11 bits per heavy atom. The molecule has 44 heavy (non-hydrogen) atoms. The van der Waals surface area contributed by atoms with Crippen LogP contribution in [0.15, 0.2) is 0 Å². The van der Waals surface area contributed by atoms with Gasteiger partial charge in [0.05, 0.1) is 0 Å². The van der Waals surface area contributed by atoms with Gasteiger partial charge >= 0.3 is 0 Å². The van der Waals surface area contributed by atoms with Gasteiger partial charge in [-0.15, -0.1) is 0 Å². The molecule has 0 saturated heterocycles. The lowest BCUT2D eigenvalue weighted by molar-refractivity contribution is -0.132. The van der Waals surface area contributed by atoms with E-state index in [9.17, 15) is 14.4 Å². The molecule has 0 heterocycles. The van der Waals surface area contributed by atoms with E-state index in [-0.39, 0.29) is 44.3 Å². The summed E-state index contributed by atoms with van der Waals surface area (Å²) >= 11 is 1.77. The quantitative estimate of drug-likeness (QED) is 0.239. The van der Waals surface area contributed by atoms with Crippen LogP contribution in [0.3, 0.4) is 0 Å². The van der Waals surface area contributed by atoms with Crippen LogP contribution in [0.2, 0.25) is 0 Å². The molecule has 262 valence electrons. The zero-order valence-electron chi connectivity index (χ0n) is 33.4. The van der Waals surface area contributed by atoms with Gasteiger partial charge in [0.1, 0.15) is 17.3 Å². The van der Waals surface area contributed by atoms with Crippen molar-refractivity contribution in [2.24, 2.45) is 56.2 Å². The Hall–Kier alpha value is -0.640. The SMILES string of the molecule is CC(C)(C)C[C@H](C(=O)C(C)(C)C)C1CC1.CC[C@H](CC(C)(C)C)C(=O)C(C)(C)C.CSC[C@H](CC(C)(C)C)C(=O)C(C)(C)C. The first kappa shape index (κ1) is 45.5. The fourth-order valence-corrected chi connectivity index (χ4v) is 6.41. The molecular weight excluding hydrogens is 561 g/mol. The van der Waals surface area contributed by atoms with E-state index in [0.717, 1.165) is 31.4 Å². The summed E-state index contributed by atoms with van der Waals surface area (Å²) in [4.78, 5) is 36.6. The summed E-state index contributed by atoms with van der Waals surface area (Å²) in [6.45, 7) is 40.3. The molecule has 3 atom stereocenters. The van der Waals surface area contributed by atoms with Gasteiger partial charge in [0, 0.05) is 39.8 Å².